The summed E-state index contributed by atoms with van der Waals surface area (Å²) in [6.07, 6.45) is 2.12. The Morgan fingerprint density at radius 3 is 2.44 bits per heavy atom. The first kappa shape index (κ1) is 22.0. The standard InChI is InChI=1S/C24H30N4O4/c1-4-28-16-19(18(2)25-28)15-26-11-13-27(14-12-26)24(29)23-10-9-22(32-23)17-31-21-7-5-20(30-3)6-8-21/h5-10,16H,4,11-15,17H2,1-3H3. The number of benzene rings is 1. The SMILES string of the molecule is CCn1cc(CN2CCN(C(=O)c3ccc(COc4ccc(OC)cc4)o3)CC2)c(C)n1. The number of hydrogen-bond donors (Lipinski definition) is 0. The zero-order chi connectivity index (χ0) is 22.5. The van der Waals surface area contributed by atoms with Crippen molar-refractivity contribution in [2.24, 2.45) is 0 Å². The monoisotopic (exact) mass is 438 g/mol. The van der Waals surface area contributed by atoms with Crippen molar-refractivity contribution in [3.8, 4) is 11.5 Å². The Hall–Kier alpha value is -3.26. The van der Waals surface area contributed by atoms with Crippen molar-refractivity contribution in [1.82, 2.24) is 19.6 Å². The Labute approximate surface area is 188 Å². The Bertz CT molecular complexity index is 1030. The van der Waals surface area contributed by atoms with Crippen LogP contribution in [0.5, 0.6) is 11.5 Å². The fraction of sp³-hybridized carbons (Fsp3) is 0.417. The second-order valence-electron chi connectivity index (χ2n) is 7.89. The number of ether oxygens (including phenoxy) is 2. The van der Waals surface area contributed by atoms with Gasteiger partial charge in [-0.15, -0.1) is 0 Å². The number of aromatic nitrogens is 2. The molecular weight excluding hydrogens is 408 g/mol. The normalized spacial score (nSPS) is 14.5. The van der Waals surface area contributed by atoms with Gasteiger partial charge in [-0.2, -0.15) is 5.10 Å². The van der Waals surface area contributed by atoms with Crippen LogP contribution < -0.4 is 9.47 Å². The van der Waals surface area contributed by atoms with E-state index in [0.717, 1.165) is 37.6 Å². The van der Waals surface area contributed by atoms with Gasteiger partial charge in [0.25, 0.3) is 5.91 Å². The zero-order valence-corrected chi connectivity index (χ0v) is 18.9. The highest BCUT2D eigenvalue weighted by atomic mass is 16.5. The highest BCUT2D eigenvalue weighted by molar-refractivity contribution is 5.91. The molecule has 0 radical (unpaired) electrons. The van der Waals surface area contributed by atoms with Gasteiger partial charge in [-0.1, -0.05) is 0 Å². The van der Waals surface area contributed by atoms with E-state index >= 15 is 0 Å². The van der Waals surface area contributed by atoms with Crippen LogP contribution in [0.1, 0.15) is 34.5 Å². The fourth-order valence-corrected chi connectivity index (χ4v) is 3.78. The minimum absolute atomic E-state index is 0.0738. The third-order valence-corrected chi connectivity index (χ3v) is 5.74. The van der Waals surface area contributed by atoms with Gasteiger partial charge in [0.15, 0.2) is 5.76 Å². The van der Waals surface area contributed by atoms with Crippen LogP contribution in [0, 0.1) is 6.92 Å². The topological polar surface area (TPSA) is 73.0 Å². The van der Waals surface area contributed by atoms with E-state index in [1.165, 1.54) is 5.56 Å². The molecule has 0 atom stereocenters. The number of furan rings is 1. The van der Waals surface area contributed by atoms with E-state index in [2.05, 4.69) is 23.1 Å². The Morgan fingerprint density at radius 1 is 1.06 bits per heavy atom. The summed E-state index contributed by atoms with van der Waals surface area (Å²) in [6.45, 7) is 9.16. The molecule has 0 unspecified atom stereocenters. The molecule has 0 bridgehead atoms. The fourth-order valence-electron chi connectivity index (χ4n) is 3.78. The molecule has 1 amide bonds. The minimum Gasteiger partial charge on any atom is -0.497 e. The molecule has 1 aromatic carbocycles. The molecule has 1 aliphatic rings. The Balaban J connectivity index is 1.27. The number of aryl methyl sites for hydroxylation is 2. The van der Waals surface area contributed by atoms with Gasteiger partial charge in [-0.25, -0.2) is 0 Å². The smallest absolute Gasteiger partial charge is 0.289 e. The summed E-state index contributed by atoms with van der Waals surface area (Å²) < 4.78 is 18.6. The van der Waals surface area contributed by atoms with Crippen molar-refractivity contribution in [2.45, 2.75) is 33.5 Å². The number of piperazine rings is 1. The predicted octanol–water partition coefficient (Wildman–Crippen LogP) is 3.35. The van der Waals surface area contributed by atoms with E-state index in [1.54, 1.807) is 19.2 Å². The summed E-state index contributed by atoms with van der Waals surface area (Å²) in [5.41, 5.74) is 2.32. The molecule has 1 fully saturated rings. The molecule has 3 aromatic rings. The number of rotatable bonds is 8. The van der Waals surface area contributed by atoms with Crippen molar-refractivity contribution in [3.63, 3.8) is 0 Å². The zero-order valence-electron chi connectivity index (χ0n) is 18.9. The van der Waals surface area contributed by atoms with Gasteiger partial charge in [-0.3, -0.25) is 14.4 Å². The first-order chi connectivity index (χ1) is 15.6. The molecule has 2 aromatic heterocycles. The molecule has 170 valence electrons. The lowest BCUT2D eigenvalue weighted by Crippen LogP contribution is -2.48. The number of carbonyl (C=O) groups is 1. The van der Waals surface area contributed by atoms with Crippen LogP contribution in [0.4, 0.5) is 0 Å². The summed E-state index contributed by atoms with van der Waals surface area (Å²) in [4.78, 5) is 17.1. The van der Waals surface area contributed by atoms with Crippen molar-refractivity contribution < 1.29 is 18.7 Å². The molecule has 0 N–H and O–H groups in total. The number of hydrogen-bond acceptors (Lipinski definition) is 6. The van der Waals surface area contributed by atoms with Gasteiger partial charge >= 0.3 is 0 Å². The van der Waals surface area contributed by atoms with E-state index < -0.39 is 0 Å². The molecule has 0 aliphatic carbocycles. The van der Waals surface area contributed by atoms with Crippen LogP contribution in [0.3, 0.4) is 0 Å². The van der Waals surface area contributed by atoms with E-state index in [1.807, 2.05) is 40.8 Å². The lowest BCUT2D eigenvalue weighted by molar-refractivity contribution is 0.0594. The molecule has 1 saturated heterocycles. The van der Waals surface area contributed by atoms with Gasteiger partial charge < -0.3 is 18.8 Å². The van der Waals surface area contributed by atoms with E-state index in [0.29, 0.717) is 30.4 Å². The predicted molar refractivity (Wildman–Crippen MR) is 120 cm³/mol. The summed E-state index contributed by atoms with van der Waals surface area (Å²) in [5.74, 6) is 2.38. The number of methoxy groups -OCH3 is 1. The van der Waals surface area contributed by atoms with Crippen molar-refractivity contribution >= 4 is 5.91 Å². The van der Waals surface area contributed by atoms with Gasteiger partial charge in [0.05, 0.1) is 12.8 Å². The summed E-state index contributed by atoms with van der Waals surface area (Å²) in [7, 11) is 1.62. The van der Waals surface area contributed by atoms with Gasteiger partial charge in [0.2, 0.25) is 0 Å². The molecule has 0 saturated carbocycles. The summed E-state index contributed by atoms with van der Waals surface area (Å²) in [6, 6.07) is 10.9. The maximum atomic E-state index is 12.9. The highest BCUT2D eigenvalue weighted by Gasteiger charge is 2.25. The first-order valence-corrected chi connectivity index (χ1v) is 11.0. The largest absolute Gasteiger partial charge is 0.497 e. The minimum atomic E-state index is -0.0738. The molecule has 3 heterocycles. The van der Waals surface area contributed by atoms with Crippen LogP contribution in [0.25, 0.3) is 0 Å². The molecule has 8 nitrogen and oxygen atoms in total. The maximum Gasteiger partial charge on any atom is 0.289 e. The average Bonchev–Trinajstić information content (AvgIpc) is 3.44. The lowest BCUT2D eigenvalue weighted by atomic mass is 10.2. The van der Waals surface area contributed by atoms with Crippen LogP contribution in [0.15, 0.2) is 47.0 Å². The molecule has 1 aliphatic heterocycles. The van der Waals surface area contributed by atoms with Crippen LogP contribution in [0.2, 0.25) is 0 Å². The number of amides is 1. The average molecular weight is 439 g/mol. The third kappa shape index (κ3) is 5.13. The van der Waals surface area contributed by atoms with Gasteiger partial charge in [-0.05, 0) is 50.2 Å². The molecule has 32 heavy (non-hydrogen) atoms. The lowest BCUT2D eigenvalue weighted by Gasteiger charge is -2.34. The first-order valence-electron chi connectivity index (χ1n) is 11.0. The number of nitrogens with zero attached hydrogens (tertiary/aromatic N) is 4. The third-order valence-electron chi connectivity index (χ3n) is 5.74. The van der Waals surface area contributed by atoms with E-state index in [9.17, 15) is 4.79 Å². The van der Waals surface area contributed by atoms with Crippen LogP contribution in [-0.4, -0.2) is 58.8 Å². The molecule has 8 heteroatoms. The Morgan fingerprint density at radius 2 is 1.78 bits per heavy atom. The second-order valence-corrected chi connectivity index (χ2v) is 7.89. The summed E-state index contributed by atoms with van der Waals surface area (Å²) in [5, 5.41) is 4.52. The molecule has 4 rings (SSSR count). The van der Waals surface area contributed by atoms with Gasteiger partial charge in [0, 0.05) is 51.0 Å². The maximum absolute atomic E-state index is 12.9. The Kier molecular flexibility index (Phi) is 6.80. The quantitative estimate of drug-likeness (QED) is 0.537. The van der Waals surface area contributed by atoms with Crippen molar-refractivity contribution in [3.05, 3.63) is 65.4 Å². The van der Waals surface area contributed by atoms with Crippen molar-refractivity contribution in [2.75, 3.05) is 33.3 Å². The molecular formula is C24H30N4O4. The molecule has 0 spiro atoms. The summed E-state index contributed by atoms with van der Waals surface area (Å²) >= 11 is 0. The van der Waals surface area contributed by atoms with Gasteiger partial charge in [0.1, 0.15) is 23.9 Å². The number of carbonyl (C=O) groups excluding carboxylic acids is 1. The van der Waals surface area contributed by atoms with E-state index in [-0.39, 0.29) is 12.5 Å². The van der Waals surface area contributed by atoms with Crippen molar-refractivity contribution in [1.29, 1.82) is 0 Å². The highest BCUT2D eigenvalue weighted by Crippen LogP contribution is 2.20. The second kappa shape index (κ2) is 9.91. The van der Waals surface area contributed by atoms with Crippen LogP contribution >= 0.6 is 0 Å². The van der Waals surface area contributed by atoms with E-state index in [4.69, 9.17) is 13.9 Å². The van der Waals surface area contributed by atoms with Crippen LogP contribution in [-0.2, 0) is 19.7 Å².